The second kappa shape index (κ2) is 6.56. The minimum Gasteiger partial charge on any atom is -0.314 e. The van der Waals surface area contributed by atoms with Gasteiger partial charge >= 0.3 is 0 Å². The third-order valence-electron chi connectivity index (χ3n) is 4.00. The summed E-state index contributed by atoms with van der Waals surface area (Å²) in [5.74, 6) is 0.402. The van der Waals surface area contributed by atoms with E-state index in [4.69, 9.17) is 0 Å². The summed E-state index contributed by atoms with van der Waals surface area (Å²) in [5.41, 5.74) is 0. The van der Waals surface area contributed by atoms with Crippen LogP contribution in [0, 0.1) is 12.8 Å². The van der Waals surface area contributed by atoms with Crippen LogP contribution in [0.4, 0.5) is 0 Å². The van der Waals surface area contributed by atoms with Gasteiger partial charge in [-0.15, -0.1) is 11.3 Å². The molecular formula is C14H24N2O2S2. The molecule has 6 heteroatoms. The van der Waals surface area contributed by atoms with Crippen molar-refractivity contribution in [1.29, 1.82) is 0 Å². The molecule has 2 atom stereocenters. The summed E-state index contributed by atoms with van der Waals surface area (Å²) in [5, 5.41) is 3.48. The highest BCUT2D eigenvalue weighted by atomic mass is 32.2. The lowest BCUT2D eigenvalue weighted by Crippen LogP contribution is -2.50. The zero-order chi connectivity index (χ0) is 14.8. The van der Waals surface area contributed by atoms with Crippen LogP contribution in [0.5, 0.6) is 0 Å². The van der Waals surface area contributed by atoms with E-state index in [-0.39, 0.29) is 0 Å². The summed E-state index contributed by atoms with van der Waals surface area (Å²) >= 11 is 1.36. The molecule has 0 spiro atoms. The van der Waals surface area contributed by atoms with E-state index in [0.29, 0.717) is 29.3 Å². The number of hydrogen-bond acceptors (Lipinski definition) is 4. The van der Waals surface area contributed by atoms with Crippen molar-refractivity contribution in [1.82, 2.24) is 9.62 Å². The van der Waals surface area contributed by atoms with Gasteiger partial charge in [-0.2, -0.15) is 4.31 Å². The predicted molar refractivity (Wildman–Crippen MR) is 83.7 cm³/mol. The maximum absolute atomic E-state index is 12.6. The average Bonchev–Trinajstić information content (AvgIpc) is 2.87. The second-order valence-corrected chi connectivity index (χ2v) is 8.80. The number of aryl methyl sites for hydroxylation is 1. The van der Waals surface area contributed by atoms with Crippen LogP contribution in [-0.2, 0) is 10.0 Å². The van der Waals surface area contributed by atoms with Gasteiger partial charge in [-0.05, 0) is 37.9 Å². The van der Waals surface area contributed by atoms with E-state index in [0.717, 1.165) is 24.3 Å². The molecule has 20 heavy (non-hydrogen) atoms. The van der Waals surface area contributed by atoms with Crippen molar-refractivity contribution < 1.29 is 8.42 Å². The molecule has 1 aromatic heterocycles. The Hall–Kier alpha value is -0.430. The van der Waals surface area contributed by atoms with Gasteiger partial charge in [0.05, 0.1) is 0 Å². The summed E-state index contributed by atoms with van der Waals surface area (Å²) in [6.07, 6.45) is 1.91. The van der Waals surface area contributed by atoms with Crippen molar-refractivity contribution in [2.75, 3.05) is 19.6 Å². The summed E-state index contributed by atoms with van der Waals surface area (Å²) in [7, 11) is -3.30. The molecule has 0 radical (unpaired) electrons. The zero-order valence-corrected chi connectivity index (χ0v) is 14.1. The van der Waals surface area contributed by atoms with Crippen molar-refractivity contribution in [2.45, 2.75) is 43.9 Å². The minimum atomic E-state index is -3.30. The first-order valence-corrected chi connectivity index (χ1v) is 9.54. The second-order valence-electron chi connectivity index (χ2n) is 5.35. The van der Waals surface area contributed by atoms with Crippen molar-refractivity contribution in [3.05, 3.63) is 17.0 Å². The van der Waals surface area contributed by atoms with Gasteiger partial charge in [0.15, 0.2) is 0 Å². The first kappa shape index (κ1) is 15.9. The molecule has 0 aromatic carbocycles. The Kier molecular flexibility index (Phi) is 5.23. The van der Waals surface area contributed by atoms with E-state index in [1.807, 2.05) is 13.0 Å². The Balaban J connectivity index is 2.14. The molecule has 1 aromatic rings. The van der Waals surface area contributed by atoms with E-state index >= 15 is 0 Å². The fourth-order valence-electron chi connectivity index (χ4n) is 2.84. The Bertz CT molecular complexity index is 539. The van der Waals surface area contributed by atoms with Crippen LogP contribution in [0.2, 0.25) is 0 Å². The van der Waals surface area contributed by atoms with E-state index < -0.39 is 10.0 Å². The first-order valence-electron chi connectivity index (χ1n) is 7.29. The molecule has 1 saturated heterocycles. The summed E-state index contributed by atoms with van der Waals surface area (Å²) < 4.78 is 27.4. The highest BCUT2D eigenvalue weighted by Crippen LogP contribution is 2.29. The molecule has 0 bridgehead atoms. The summed E-state index contributed by atoms with van der Waals surface area (Å²) in [4.78, 5) is 1.04. The smallest absolute Gasteiger partial charge is 0.252 e. The molecule has 1 aliphatic rings. The van der Waals surface area contributed by atoms with E-state index in [2.05, 4.69) is 19.2 Å². The zero-order valence-electron chi connectivity index (χ0n) is 12.4. The number of thiophene rings is 1. The quantitative estimate of drug-likeness (QED) is 0.908. The lowest BCUT2D eigenvalue weighted by atomic mass is 9.91. The molecule has 0 saturated carbocycles. The van der Waals surface area contributed by atoms with Crippen LogP contribution in [0.1, 0.15) is 31.6 Å². The third-order valence-corrected chi connectivity index (χ3v) is 7.33. The Morgan fingerprint density at radius 3 is 2.70 bits per heavy atom. The minimum absolute atomic E-state index is 0.402. The maximum atomic E-state index is 12.6. The number of nitrogens with one attached hydrogen (secondary N) is 1. The van der Waals surface area contributed by atoms with Crippen molar-refractivity contribution in [2.24, 2.45) is 5.92 Å². The lowest BCUT2D eigenvalue weighted by molar-refractivity contribution is 0.204. The number of sulfonamides is 1. The standard InChI is InChI=1S/C14H24N2O2S2/c1-4-12-10-16(9-8-13(12)15-5-2)20(17,18)14-7-6-11(3)19-14/h6-7,12-13,15H,4-5,8-10H2,1-3H3. The number of piperidine rings is 1. The van der Waals surface area contributed by atoms with Crippen molar-refractivity contribution in [3.63, 3.8) is 0 Å². The fourth-order valence-corrected chi connectivity index (χ4v) is 5.79. The van der Waals surface area contributed by atoms with Crippen LogP contribution in [0.3, 0.4) is 0 Å². The van der Waals surface area contributed by atoms with Gasteiger partial charge in [0, 0.05) is 24.0 Å². The molecule has 114 valence electrons. The molecule has 2 rings (SSSR count). The highest BCUT2D eigenvalue weighted by Gasteiger charge is 2.34. The topological polar surface area (TPSA) is 49.4 Å². The summed E-state index contributed by atoms with van der Waals surface area (Å²) in [6, 6.07) is 4.05. The fraction of sp³-hybridized carbons (Fsp3) is 0.714. The number of nitrogens with zero attached hydrogens (tertiary/aromatic N) is 1. The van der Waals surface area contributed by atoms with Gasteiger partial charge in [-0.25, -0.2) is 8.42 Å². The molecule has 2 heterocycles. The van der Waals surface area contributed by atoms with Crippen molar-refractivity contribution in [3.8, 4) is 0 Å². The number of hydrogen-bond donors (Lipinski definition) is 1. The van der Waals surface area contributed by atoms with E-state index in [1.54, 1.807) is 10.4 Å². The van der Waals surface area contributed by atoms with Gasteiger partial charge < -0.3 is 5.32 Å². The Morgan fingerprint density at radius 2 is 2.15 bits per heavy atom. The molecule has 4 nitrogen and oxygen atoms in total. The molecular weight excluding hydrogens is 292 g/mol. The molecule has 1 fully saturated rings. The maximum Gasteiger partial charge on any atom is 0.252 e. The predicted octanol–water partition coefficient (Wildman–Crippen LogP) is 2.46. The molecule has 1 N–H and O–H groups in total. The molecule has 0 aliphatic carbocycles. The SMILES string of the molecule is CCNC1CCN(S(=O)(=O)c2ccc(C)s2)CC1CC. The van der Waals surface area contributed by atoms with Gasteiger partial charge in [-0.3, -0.25) is 0 Å². The average molecular weight is 316 g/mol. The van der Waals surface area contributed by atoms with Crippen LogP contribution in [0.25, 0.3) is 0 Å². The normalized spacial score (nSPS) is 24.9. The van der Waals surface area contributed by atoms with Crippen LogP contribution < -0.4 is 5.32 Å². The third kappa shape index (κ3) is 3.24. The molecule has 1 aliphatic heterocycles. The molecule has 0 amide bonds. The van der Waals surface area contributed by atoms with Crippen LogP contribution >= 0.6 is 11.3 Å². The van der Waals surface area contributed by atoms with Gasteiger partial charge in [0.1, 0.15) is 4.21 Å². The highest BCUT2D eigenvalue weighted by molar-refractivity contribution is 7.91. The largest absolute Gasteiger partial charge is 0.314 e. The number of rotatable bonds is 5. The van der Waals surface area contributed by atoms with Gasteiger partial charge in [0.2, 0.25) is 0 Å². The lowest BCUT2D eigenvalue weighted by Gasteiger charge is -2.37. The Morgan fingerprint density at radius 1 is 1.40 bits per heavy atom. The van der Waals surface area contributed by atoms with E-state index in [9.17, 15) is 8.42 Å². The summed E-state index contributed by atoms with van der Waals surface area (Å²) in [6.45, 7) is 8.37. The molecule has 2 unspecified atom stereocenters. The van der Waals surface area contributed by atoms with Gasteiger partial charge in [0.25, 0.3) is 10.0 Å². The van der Waals surface area contributed by atoms with Crippen LogP contribution in [0.15, 0.2) is 16.3 Å². The van der Waals surface area contributed by atoms with Crippen molar-refractivity contribution >= 4 is 21.4 Å². The van der Waals surface area contributed by atoms with Crippen LogP contribution in [-0.4, -0.2) is 38.4 Å². The van der Waals surface area contributed by atoms with E-state index in [1.165, 1.54) is 11.3 Å². The monoisotopic (exact) mass is 316 g/mol. The Labute approximate surface area is 126 Å². The first-order chi connectivity index (χ1) is 9.48. The van der Waals surface area contributed by atoms with Gasteiger partial charge in [-0.1, -0.05) is 20.3 Å².